The van der Waals surface area contributed by atoms with Crippen LogP contribution in [0, 0.1) is 11.3 Å². The van der Waals surface area contributed by atoms with Crippen LogP contribution in [0.4, 0.5) is 0 Å². The fourth-order valence-electron chi connectivity index (χ4n) is 2.03. The molecule has 0 radical (unpaired) electrons. The maximum absolute atomic E-state index is 11.2. The van der Waals surface area contributed by atoms with Crippen molar-refractivity contribution in [2.45, 2.75) is 19.3 Å². The summed E-state index contributed by atoms with van der Waals surface area (Å²) in [4.78, 5) is 13.4. The molecule has 1 aromatic carbocycles. The number of ether oxygens (including phenoxy) is 2. The second kappa shape index (κ2) is 10.5. The topological polar surface area (TPSA) is 74.6 Å². The van der Waals surface area contributed by atoms with Gasteiger partial charge in [0.05, 0.1) is 19.8 Å². The Morgan fingerprint density at radius 3 is 2.78 bits per heavy atom. The highest BCUT2D eigenvalue weighted by molar-refractivity contribution is 5.77. The Bertz CT molecular complexity index is 538. The summed E-state index contributed by atoms with van der Waals surface area (Å²) in [7, 11) is 5.67. The second-order valence-corrected chi connectivity index (χ2v) is 5.43. The van der Waals surface area contributed by atoms with Gasteiger partial charge < -0.3 is 19.7 Å². The lowest BCUT2D eigenvalue weighted by atomic mass is 10.1. The van der Waals surface area contributed by atoms with Crippen LogP contribution < -0.4 is 14.8 Å². The number of methoxy groups -OCH3 is 1. The molecule has 1 rings (SSSR count). The van der Waals surface area contributed by atoms with E-state index >= 15 is 0 Å². The van der Waals surface area contributed by atoms with Crippen molar-refractivity contribution in [3.63, 3.8) is 0 Å². The minimum atomic E-state index is -0.249. The Hall–Kier alpha value is -2.26. The van der Waals surface area contributed by atoms with Crippen molar-refractivity contribution in [3.8, 4) is 17.6 Å². The Morgan fingerprint density at radius 1 is 1.35 bits per heavy atom. The third-order valence-electron chi connectivity index (χ3n) is 3.21. The zero-order valence-electron chi connectivity index (χ0n) is 14.1. The Kier molecular flexibility index (Phi) is 8.55. The maximum Gasteiger partial charge on any atom is 0.234 e. The van der Waals surface area contributed by atoms with Crippen LogP contribution in [0.1, 0.15) is 18.4 Å². The molecule has 0 aliphatic rings. The number of nitrogens with one attached hydrogen (secondary N) is 1. The number of hydrogen-bond donors (Lipinski definition) is 1. The first kappa shape index (κ1) is 18.8. The monoisotopic (exact) mass is 319 g/mol. The molecule has 1 amide bonds. The van der Waals surface area contributed by atoms with Gasteiger partial charge in [0.25, 0.3) is 0 Å². The van der Waals surface area contributed by atoms with E-state index in [9.17, 15) is 4.79 Å². The number of nitrogens with zero attached hydrogens (tertiary/aromatic N) is 2. The van der Waals surface area contributed by atoms with Gasteiger partial charge in [-0.05, 0) is 44.6 Å². The summed E-state index contributed by atoms with van der Waals surface area (Å²) in [5.74, 6) is 1.17. The van der Waals surface area contributed by atoms with E-state index in [1.165, 1.54) is 0 Å². The number of benzene rings is 1. The Morgan fingerprint density at radius 2 is 2.13 bits per heavy atom. The summed E-state index contributed by atoms with van der Waals surface area (Å²) in [6.07, 6.45) is 1.50. The predicted molar refractivity (Wildman–Crippen MR) is 88.6 cm³/mol. The van der Waals surface area contributed by atoms with Crippen LogP contribution in [0.2, 0.25) is 0 Å². The summed E-state index contributed by atoms with van der Waals surface area (Å²) in [5.41, 5.74) is 1.05. The minimum absolute atomic E-state index is 0.108. The molecule has 0 aliphatic carbocycles. The molecule has 6 nitrogen and oxygen atoms in total. The molecule has 1 aromatic rings. The predicted octanol–water partition coefficient (Wildman–Crippen LogP) is 1.60. The molecule has 1 N–H and O–H groups in total. The molecule has 0 aromatic heterocycles. The van der Waals surface area contributed by atoms with Gasteiger partial charge >= 0.3 is 0 Å². The highest BCUT2D eigenvalue weighted by Gasteiger charge is 2.07. The van der Waals surface area contributed by atoms with Crippen molar-refractivity contribution in [2.24, 2.45) is 0 Å². The van der Waals surface area contributed by atoms with E-state index in [1.807, 2.05) is 38.4 Å². The zero-order valence-corrected chi connectivity index (χ0v) is 14.1. The van der Waals surface area contributed by atoms with Gasteiger partial charge in [-0.1, -0.05) is 6.07 Å². The molecule has 0 aliphatic heterocycles. The van der Waals surface area contributed by atoms with Crippen LogP contribution in [0.3, 0.4) is 0 Å². The first-order valence-electron chi connectivity index (χ1n) is 7.65. The van der Waals surface area contributed by atoms with Crippen LogP contribution in [-0.4, -0.2) is 51.7 Å². The quantitative estimate of drug-likeness (QED) is 0.663. The van der Waals surface area contributed by atoms with Crippen molar-refractivity contribution >= 4 is 5.91 Å². The number of carbonyl (C=O) groups is 1. The molecule has 0 unspecified atom stereocenters. The Balaban J connectivity index is 2.53. The third-order valence-corrected chi connectivity index (χ3v) is 3.21. The molecule has 0 heterocycles. The maximum atomic E-state index is 11.2. The molecule has 0 fully saturated rings. The van der Waals surface area contributed by atoms with Crippen molar-refractivity contribution in [1.29, 1.82) is 5.26 Å². The number of amides is 1. The van der Waals surface area contributed by atoms with Gasteiger partial charge in [-0.15, -0.1) is 0 Å². The van der Waals surface area contributed by atoms with Gasteiger partial charge in [0.2, 0.25) is 5.91 Å². The normalized spacial score (nSPS) is 10.2. The summed E-state index contributed by atoms with van der Waals surface area (Å²) in [6.45, 7) is 2.08. The fraction of sp³-hybridized carbons (Fsp3) is 0.529. The van der Waals surface area contributed by atoms with Gasteiger partial charge in [0.1, 0.15) is 6.42 Å². The van der Waals surface area contributed by atoms with Crippen LogP contribution in [-0.2, 0) is 11.2 Å². The van der Waals surface area contributed by atoms with Crippen LogP contribution in [0.25, 0.3) is 0 Å². The Labute approximate surface area is 138 Å². The zero-order chi connectivity index (χ0) is 17.1. The lowest BCUT2D eigenvalue weighted by Gasteiger charge is -2.14. The molecule has 0 saturated carbocycles. The van der Waals surface area contributed by atoms with Crippen molar-refractivity contribution in [2.75, 3.05) is 40.9 Å². The molecular formula is C17H25N3O3. The summed E-state index contributed by atoms with van der Waals surface area (Å²) in [5, 5.41) is 11.1. The first-order chi connectivity index (χ1) is 11.1. The molecule has 0 atom stereocenters. The van der Waals surface area contributed by atoms with Gasteiger partial charge in [0, 0.05) is 13.1 Å². The lowest BCUT2D eigenvalue weighted by molar-refractivity contribution is -0.120. The van der Waals surface area contributed by atoms with Gasteiger partial charge in [0.15, 0.2) is 11.5 Å². The van der Waals surface area contributed by atoms with Gasteiger partial charge in [-0.3, -0.25) is 4.79 Å². The van der Waals surface area contributed by atoms with E-state index in [-0.39, 0.29) is 12.3 Å². The summed E-state index contributed by atoms with van der Waals surface area (Å²) >= 11 is 0. The van der Waals surface area contributed by atoms with Crippen molar-refractivity contribution < 1.29 is 14.3 Å². The standard InChI is InChI=1S/C17H25N3O3/c1-20(2)11-4-12-23-16-13-14(5-6-15(16)22-3)8-10-19-17(21)7-9-18/h5-6,13H,4,7-8,10-12H2,1-3H3,(H,19,21). The fourth-order valence-corrected chi connectivity index (χ4v) is 2.03. The highest BCUT2D eigenvalue weighted by atomic mass is 16.5. The average molecular weight is 319 g/mol. The van der Waals surface area contributed by atoms with Crippen LogP contribution in [0.15, 0.2) is 18.2 Å². The number of nitriles is 1. The van der Waals surface area contributed by atoms with E-state index in [2.05, 4.69) is 10.2 Å². The minimum Gasteiger partial charge on any atom is -0.493 e. The smallest absolute Gasteiger partial charge is 0.234 e. The number of carbonyl (C=O) groups excluding carboxylic acids is 1. The van der Waals surface area contributed by atoms with Crippen molar-refractivity contribution in [3.05, 3.63) is 23.8 Å². The van der Waals surface area contributed by atoms with E-state index in [4.69, 9.17) is 14.7 Å². The first-order valence-corrected chi connectivity index (χ1v) is 7.65. The number of rotatable bonds is 10. The van der Waals surface area contributed by atoms with Crippen LogP contribution in [0.5, 0.6) is 11.5 Å². The molecule has 126 valence electrons. The third kappa shape index (κ3) is 7.52. The molecule has 0 bridgehead atoms. The van der Waals surface area contributed by atoms with E-state index in [0.29, 0.717) is 31.1 Å². The SMILES string of the molecule is COc1ccc(CCNC(=O)CC#N)cc1OCCCN(C)C. The molecule has 6 heteroatoms. The average Bonchev–Trinajstić information content (AvgIpc) is 2.52. The van der Waals surface area contributed by atoms with Crippen LogP contribution >= 0.6 is 0 Å². The van der Waals surface area contributed by atoms with E-state index in [0.717, 1.165) is 18.5 Å². The molecule has 0 saturated heterocycles. The largest absolute Gasteiger partial charge is 0.493 e. The summed E-state index contributed by atoms with van der Waals surface area (Å²) < 4.78 is 11.1. The molecule has 23 heavy (non-hydrogen) atoms. The van der Waals surface area contributed by atoms with Crippen molar-refractivity contribution in [1.82, 2.24) is 10.2 Å². The molecule has 0 spiro atoms. The molecular weight excluding hydrogens is 294 g/mol. The second-order valence-electron chi connectivity index (χ2n) is 5.43. The summed E-state index contributed by atoms with van der Waals surface area (Å²) in [6, 6.07) is 7.58. The van der Waals surface area contributed by atoms with Gasteiger partial charge in [-0.25, -0.2) is 0 Å². The van der Waals surface area contributed by atoms with E-state index in [1.54, 1.807) is 7.11 Å². The number of hydrogen-bond acceptors (Lipinski definition) is 5. The lowest BCUT2D eigenvalue weighted by Crippen LogP contribution is -2.24. The van der Waals surface area contributed by atoms with Gasteiger partial charge in [-0.2, -0.15) is 5.26 Å². The van der Waals surface area contributed by atoms with E-state index < -0.39 is 0 Å². The highest BCUT2D eigenvalue weighted by Crippen LogP contribution is 2.28.